The second kappa shape index (κ2) is 10.9. The number of aromatic nitrogens is 3. The Bertz CT molecular complexity index is 1730. The first kappa shape index (κ1) is 26.8. The van der Waals surface area contributed by atoms with Crippen molar-refractivity contribution in [2.45, 2.75) is 66.0 Å². The molecule has 7 heteroatoms. The van der Waals surface area contributed by atoms with Crippen molar-refractivity contribution in [2.75, 3.05) is 5.32 Å². The average Bonchev–Trinajstić information content (AvgIpc) is 3.35. The van der Waals surface area contributed by atoms with Crippen LogP contribution < -0.4 is 10.1 Å². The second-order valence-corrected chi connectivity index (χ2v) is 11.3. The lowest BCUT2D eigenvalue weighted by atomic mass is 9.97. The number of hydrogen-bond acceptors (Lipinski definition) is 3. The first-order chi connectivity index (χ1) is 19.8. The summed E-state index contributed by atoms with van der Waals surface area (Å²) in [6, 6.07) is 20.4. The van der Waals surface area contributed by atoms with Crippen LogP contribution in [0.1, 0.15) is 71.2 Å². The molecule has 6 nitrogen and oxygen atoms in total. The highest BCUT2D eigenvalue weighted by Gasteiger charge is 2.30. The number of benzene rings is 3. The maximum Gasteiger partial charge on any atom is 0.275 e. The number of nitrogens with one attached hydrogen (secondary N) is 1. The van der Waals surface area contributed by atoms with Crippen LogP contribution in [-0.2, 0) is 19.6 Å². The third-order valence-corrected chi connectivity index (χ3v) is 7.87. The predicted molar refractivity (Wildman–Crippen MR) is 160 cm³/mol. The first-order valence-corrected chi connectivity index (χ1v) is 14.3. The lowest BCUT2D eigenvalue weighted by Gasteiger charge is -2.15. The topological polar surface area (TPSA) is 60.6 Å². The monoisotopic (exact) mass is 550 g/mol. The molecule has 0 atom stereocenters. The number of halogens is 1. The van der Waals surface area contributed by atoms with Gasteiger partial charge in [-0.2, -0.15) is 0 Å². The van der Waals surface area contributed by atoms with Gasteiger partial charge in [0.1, 0.15) is 29.5 Å². The van der Waals surface area contributed by atoms with Crippen LogP contribution in [0.3, 0.4) is 0 Å². The largest absolute Gasteiger partial charge is 0.485 e. The van der Waals surface area contributed by atoms with E-state index in [9.17, 15) is 9.18 Å². The molecule has 0 bridgehead atoms. The summed E-state index contributed by atoms with van der Waals surface area (Å²) in [6.07, 6.45) is 2.77. The van der Waals surface area contributed by atoms with Gasteiger partial charge < -0.3 is 14.6 Å². The summed E-state index contributed by atoms with van der Waals surface area (Å²) in [7, 11) is 0. The van der Waals surface area contributed by atoms with E-state index < -0.39 is 0 Å². The summed E-state index contributed by atoms with van der Waals surface area (Å²) in [6.45, 7) is 9.46. The average molecular weight is 551 g/mol. The van der Waals surface area contributed by atoms with Gasteiger partial charge in [0.25, 0.3) is 5.91 Å². The molecule has 0 aliphatic carbocycles. The van der Waals surface area contributed by atoms with Gasteiger partial charge in [-0.15, -0.1) is 5.10 Å². The predicted octanol–water partition coefficient (Wildman–Crippen LogP) is 7.85. The molecule has 2 aromatic heterocycles. The Hall–Kier alpha value is -4.39. The van der Waals surface area contributed by atoms with E-state index in [0.29, 0.717) is 17.3 Å². The molecule has 0 saturated heterocycles. The van der Waals surface area contributed by atoms with E-state index >= 15 is 0 Å². The second-order valence-electron chi connectivity index (χ2n) is 11.3. The van der Waals surface area contributed by atoms with E-state index in [1.165, 1.54) is 12.1 Å². The van der Waals surface area contributed by atoms with Crippen LogP contribution in [-0.4, -0.2) is 20.1 Å². The van der Waals surface area contributed by atoms with Crippen LogP contribution in [0.15, 0.2) is 66.7 Å². The smallest absolute Gasteiger partial charge is 0.275 e. The number of hydrogen-bond donors (Lipinski definition) is 1. The lowest BCUT2D eigenvalue weighted by Crippen LogP contribution is -2.16. The van der Waals surface area contributed by atoms with Gasteiger partial charge in [-0.1, -0.05) is 55.8 Å². The van der Waals surface area contributed by atoms with Crippen molar-refractivity contribution < 1.29 is 13.9 Å². The van der Waals surface area contributed by atoms with Gasteiger partial charge in [0.2, 0.25) is 0 Å². The molecule has 0 saturated carbocycles. The molecule has 210 valence electrons. The number of rotatable bonds is 7. The van der Waals surface area contributed by atoms with Gasteiger partial charge in [0.05, 0.1) is 0 Å². The van der Waals surface area contributed by atoms with Gasteiger partial charge in [0, 0.05) is 23.4 Å². The van der Waals surface area contributed by atoms with E-state index in [1.54, 1.807) is 16.6 Å². The van der Waals surface area contributed by atoms with E-state index in [2.05, 4.69) is 48.9 Å². The standard InChI is InChI=1S/C34H35FN4O2/c1-21(2)27-17-10-23(4)19-29(27)41-20-30-37-39-32(33(40)36-26-15-8-22(3)9-16-26)31(24-11-13-25(35)14-12-24)28-7-5-6-18-38(30)34(28)39/h8-17,19,21H,5-7,18,20H2,1-4H3,(H,36,40). The molecule has 5 aromatic rings. The fourth-order valence-corrected chi connectivity index (χ4v) is 5.76. The number of ether oxygens (including phenoxy) is 1. The van der Waals surface area contributed by atoms with Crippen molar-refractivity contribution in [1.82, 2.24) is 14.2 Å². The highest BCUT2D eigenvalue weighted by molar-refractivity contribution is 6.09. The van der Waals surface area contributed by atoms with Crippen LogP contribution >= 0.6 is 0 Å². The van der Waals surface area contributed by atoms with Crippen LogP contribution in [0.5, 0.6) is 5.75 Å². The van der Waals surface area contributed by atoms with Crippen LogP contribution in [0.4, 0.5) is 10.1 Å². The molecular weight excluding hydrogens is 515 g/mol. The Kier molecular flexibility index (Phi) is 7.12. The van der Waals surface area contributed by atoms with E-state index in [4.69, 9.17) is 9.84 Å². The van der Waals surface area contributed by atoms with Crippen LogP contribution in [0.25, 0.3) is 16.8 Å². The molecule has 41 heavy (non-hydrogen) atoms. The molecule has 0 radical (unpaired) electrons. The molecule has 0 fully saturated rings. The molecular formula is C34H35FN4O2. The van der Waals surface area contributed by atoms with E-state index in [-0.39, 0.29) is 18.3 Å². The Morgan fingerprint density at radius 2 is 1.73 bits per heavy atom. The molecule has 6 rings (SSSR count). The van der Waals surface area contributed by atoms with Gasteiger partial charge in [-0.05, 0) is 86.1 Å². The molecule has 1 aliphatic rings. The summed E-state index contributed by atoms with van der Waals surface area (Å²) in [5.74, 6) is 1.39. The zero-order valence-corrected chi connectivity index (χ0v) is 24.0. The third-order valence-electron chi connectivity index (χ3n) is 7.87. The number of aryl methyl sites for hydroxylation is 4. The summed E-state index contributed by atoms with van der Waals surface area (Å²) in [5, 5.41) is 8.07. The Morgan fingerprint density at radius 1 is 1.00 bits per heavy atom. The minimum atomic E-state index is -0.312. The first-order valence-electron chi connectivity index (χ1n) is 14.3. The number of nitrogens with zero attached hydrogens (tertiary/aromatic N) is 3. The van der Waals surface area contributed by atoms with Crippen molar-refractivity contribution in [3.63, 3.8) is 0 Å². The maximum atomic E-state index is 14.0. The Balaban J connectivity index is 1.48. The number of anilines is 1. The zero-order valence-electron chi connectivity index (χ0n) is 24.0. The number of carbonyl (C=O) groups is 1. The van der Waals surface area contributed by atoms with Crippen molar-refractivity contribution >= 4 is 17.2 Å². The number of carbonyl (C=O) groups excluding carboxylic acids is 1. The summed E-state index contributed by atoms with van der Waals surface area (Å²) in [5.41, 5.74) is 8.13. The SMILES string of the molecule is Cc1ccc(NC(=O)c2c(-c3ccc(F)cc3)c3c4n(c(COc5cc(C)ccc5C(C)C)nn24)CCCC3)cc1. The minimum Gasteiger partial charge on any atom is -0.485 e. The van der Waals surface area contributed by atoms with Crippen molar-refractivity contribution in [2.24, 2.45) is 0 Å². The van der Waals surface area contributed by atoms with Crippen LogP contribution in [0.2, 0.25) is 0 Å². The van der Waals surface area contributed by atoms with E-state index in [1.807, 2.05) is 31.2 Å². The fourth-order valence-electron chi connectivity index (χ4n) is 5.76. The molecule has 3 heterocycles. The fraction of sp³-hybridized carbons (Fsp3) is 0.294. The molecule has 1 N–H and O–H groups in total. The van der Waals surface area contributed by atoms with Gasteiger partial charge >= 0.3 is 0 Å². The quantitative estimate of drug-likeness (QED) is 0.224. The molecule has 3 aromatic carbocycles. The highest BCUT2D eigenvalue weighted by Crippen LogP contribution is 2.37. The minimum absolute atomic E-state index is 0.257. The van der Waals surface area contributed by atoms with Gasteiger partial charge in [-0.25, -0.2) is 8.91 Å². The van der Waals surface area contributed by atoms with Crippen molar-refractivity contribution in [3.05, 3.63) is 106 Å². The third kappa shape index (κ3) is 5.12. The molecule has 0 unspecified atom stereocenters. The van der Waals surface area contributed by atoms with Crippen molar-refractivity contribution in [3.8, 4) is 16.9 Å². The lowest BCUT2D eigenvalue weighted by molar-refractivity contribution is 0.102. The summed E-state index contributed by atoms with van der Waals surface area (Å²) < 4.78 is 24.3. The number of amides is 1. The zero-order chi connectivity index (χ0) is 28.7. The molecule has 1 amide bonds. The normalized spacial score (nSPS) is 13.0. The van der Waals surface area contributed by atoms with E-state index in [0.717, 1.165) is 76.4 Å². The Labute approximate surface area is 239 Å². The van der Waals surface area contributed by atoms with Gasteiger partial charge in [-0.3, -0.25) is 4.79 Å². The molecule has 1 aliphatic heterocycles. The van der Waals surface area contributed by atoms with Crippen molar-refractivity contribution in [1.29, 1.82) is 0 Å². The maximum absolute atomic E-state index is 14.0. The van der Waals surface area contributed by atoms with Gasteiger partial charge in [0.15, 0.2) is 5.82 Å². The Morgan fingerprint density at radius 3 is 2.46 bits per heavy atom. The summed E-state index contributed by atoms with van der Waals surface area (Å²) in [4.78, 5) is 14.0. The highest BCUT2D eigenvalue weighted by atomic mass is 19.1. The van der Waals surface area contributed by atoms with Crippen LogP contribution in [0, 0.1) is 19.7 Å². The molecule has 0 spiro atoms. The summed E-state index contributed by atoms with van der Waals surface area (Å²) >= 11 is 0.